The number of aliphatic imine (C=N–C) groups is 1. The molecule has 0 aromatic heterocycles. The number of nitrogens with zero attached hydrogens (tertiary/aromatic N) is 3. The van der Waals surface area contributed by atoms with E-state index >= 15 is 0 Å². The van der Waals surface area contributed by atoms with Gasteiger partial charge in [-0.05, 0) is 27.2 Å². The molecular weight excluding hydrogens is 439 g/mol. The molecule has 2 fully saturated rings. The van der Waals surface area contributed by atoms with Crippen LogP contribution in [0.3, 0.4) is 0 Å². The van der Waals surface area contributed by atoms with Crippen LogP contribution in [0, 0.1) is 0 Å². The molecule has 0 spiro atoms. The summed E-state index contributed by atoms with van der Waals surface area (Å²) in [4.78, 5) is 9.25. The first-order valence-electron chi connectivity index (χ1n) is 8.57. The Hall–Kier alpha value is 0.0700. The molecule has 8 heteroatoms. The smallest absolute Gasteiger partial charge is 0.193 e. The zero-order valence-electron chi connectivity index (χ0n) is 15.4. The van der Waals surface area contributed by atoms with Gasteiger partial charge in [-0.1, -0.05) is 0 Å². The summed E-state index contributed by atoms with van der Waals surface area (Å²) >= 11 is 0. The molecular formula is C16H33IN4O2S. The van der Waals surface area contributed by atoms with E-state index in [2.05, 4.69) is 20.1 Å². The van der Waals surface area contributed by atoms with Crippen molar-refractivity contribution in [3.8, 4) is 0 Å². The van der Waals surface area contributed by atoms with Gasteiger partial charge in [0.25, 0.3) is 0 Å². The molecule has 0 saturated carbocycles. The van der Waals surface area contributed by atoms with Crippen LogP contribution in [0.25, 0.3) is 0 Å². The van der Waals surface area contributed by atoms with Crippen LogP contribution in [0.15, 0.2) is 4.99 Å². The van der Waals surface area contributed by atoms with Gasteiger partial charge in [0, 0.05) is 67.1 Å². The van der Waals surface area contributed by atoms with Crippen LogP contribution in [0.2, 0.25) is 0 Å². The third-order valence-electron chi connectivity index (χ3n) is 4.49. The highest BCUT2D eigenvalue weighted by atomic mass is 127. The van der Waals surface area contributed by atoms with Crippen molar-refractivity contribution in [2.75, 3.05) is 58.7 Å². The Labute approximate surface area is 166 Å². The topological polar surface area (TPSA) is 57.2 Å². The average molecular weight is 472 g/mol. The second kappa shape index (κ2) is 10.3. The van der Waals surface area contributed by atoms with Crippen molar-refractivity contribution in [2.45, 2.75) is 38.0 Å². The molecule has 0 amide bonds. The molecule has 2 saturated heterocycles. The standard InChI is InChI=1S/C16H32N4O2S.HI/c1-16(2,3)23(21)12-6-18-15(17-4)20-7-5-14(13-20)19-8-10-22-11-9-19;/h14H,5-13H2,1-4H3,(H,17,18);1H. The van der Waals surface area contributed by atoms with Crippen LogP contribution >= 0.6 is 24.0 Å². The van der Waals surface area contributed by atoms with Crippen molar-refractivity contribution >= 4 is 40.7 Å². The zero-order chi connectivity index (χ0) is 16.9. The fraction of sp³-hybridized carbons (Fsp3) is 0.938. The molecule has 2 aliphatic heterocycles. The molecule has 0 radical (unpaired) electrons. The highest BCUT2D eigenvalue weighted by Gasteiger charge is 2.30. The van der Waals surface area contributed by atoms with Gasteiger partial charge in [-0.3, -0.25) is 14.1 Å². The number of guanidine groups is 1. The molecule has 24 heavy (non-hydrogen) atoms. The summed E-state index contributed by atoms with van der Waals surface area (Å²) in [5.74, 6) is 1.59. The summed E-state index contributed by atoms with van der Waals surface area (Å²) < 4.78 is 17.4. The molecule has 0 bridgehead atoms. The van der Waals surface area contributed by atoms with Crippen LogP contribution < -0.4 is 5.32 Å². The molecule has 142 valence electrons. The predicted octanol–water partition coefficient (Wildman–Crippen LogP) is 1.13. The van der Waals surface area contributed by atoms with Crippen LogP contribution in [0.4, 0.5) is 0 Å². The fourth-order valence-corrected chi connectivity index (χ4v) is 3.97. The van der Waals surface area contributed by atoms with Gasteiger partial charge in [-0.2, -0.15) is 0 Å². The third-order valence-corrected chi connectivity index (χ3v) is 6.43. The van der Waals surface area contributed by atoms with E-state index in [4.69, 9.17) is 4.74 Å². The van der Waals surface area contributed by atoms with E-state index in [9.17, 15) is 4.21 Å². The van der Waals surface area contributed by atoms with Crippen molar-refractivity contribution in [3.05, 3.63) is 0 Å². The van der Waals surface area contributed by atoms with E-state index in [0.717, 1.165) is 45.4 Å². The van der Waals surface area contributed by atoms with Gasteiger partial charge in [0.15, 0.2) is 5.96 Å². The van der Waals surface area contributed by atoms with Crippen LogP contribution in [0.1, 0.15) is 27.2 Å². The summed E-state index contributed by atoms with van der Waals surface area (Å²) in [7, 11) is 0.998. The number of hydrogen-bond acceptors (Lipinski definition) is 4. The first-order chi connectivity index (χ1) is 10.9. The van der Waals surface area contributed by atoms with Gasteiger partial charge in [0.1, 0.15) is 0 Å². The van der Waals surface area contributed by atoms with Gasteiger partial charge in [-0.25, -0.2) is 0 Å². The van der Waals surface area contributed by atoms with Crippen molar-refractivity contribution in [2.24, 2.45) is 4.99 Å². The van der Waals surface area contributed by atoms with Crippen LogP contribution in [-0.2, 0) is 15.5 Å². The van der Waals surface area contributed by atoms with E-state index in [1.54, 1.807) is 0 Å². The molecule has 2 atom stereocenters. The van der Waals surface area contributed by atoms with Crippen molar-refractivity contribution in [3.63, 3.8) is 0 Å². The second-order valence-corrected chi connectivity index (χ2v) is 9.50. The van der Waals surface area contributed by atoms with Gasteiger partial charge in [0.2, 0.25) is 0 Å². The molecule has 2 unspecified atom stereocenters. The fourth-order valence-electron chi connectivity index (χ4n) is 3.07. The SMILES string of the molecule is CN=C(NCCS(=O)C(C)(C)C)N1CCC(N2CCOCC2)C1.I. The Bertz CT molecular complexity index is 436. The largest absolute Gasteiger partial charge is 0.379 e. The van der Waals surface area contributed by atoms with Gasteiger partial charge in [-0.15, -0.1) is 24.0 Å². The van der Waals surface area contributed by atoms with Crippen molar-refractivity contribution in [1.82, 2.24) is 15.1 Å². The minimum atomic E-state index is -0.826. The zero-order valence-corrected chi connectivity index (χ0v) is 18.6. The average Bonchev–Trinajstić information content (AvgIpc) is 3.01. The number of likely N-dealkylation sites (tertiary alicyclic amines) is 1. The lowest BCUT2D eigenvalue weighted by atomic mass is 10.2. The molecule has 2 aliphatic rings. The second-order valence-electron chi connectivity index (χ2n) is 7.17. The summed E-state index contributed by atoms with van der Waals surface area (Å²) in [5.41, 5.74) is 0. The monoisotopic (exact) mass is 472 g/mol. The Morgan fingerprint density at radius 2 is 1.96 bits per heavy atom. The number of ether oxygens (including phenoxy) is 1. The molecule has 1 N–H and O–H groups in total. The molecule has 2 rings (SSSR count). The minimum Gasteiger partial charge on any atom is -0.379 e. The lowest BCUT2D eigenvalue weighted by Crippen LogP contribution is -2.47. The Morgan fingerprint density at radius 3 is 2.54 bits per heavy atom. The summed E-state index contributed by atoms with van der Waals surface area (Å²) in [6.07, 6.45) is 1.18. The van der Waals surface area contributed by atoms with Gasteiger partial charge >= 0.3 is 0 Å². The molecule has 0 aliphatic carbocycles. The molecule has 2 heterocycles. The number of rotatable bonds is 4. The first-order valence-corrected chi connectivity index (χ1v) is 9.89. The maximum atomic E-state index is 12.1. The summed E-state index contributed by atoms with van der Waals surface area (Å²) in [6.45, 7) is 12.6. The molecule has 0 aromatic rings. The van der Waals surface area contributed by atoms with Crippen LogP contribution in [-0.4, -0.2) is 89.5 Å². The molecule has 0 aromatic carbocycles. The van der Waals surface area contributed by atoms with Gasteiger partial charge in [0.05, 0.1) is 13.2 Å². The number of nitrogens with one attached hydrogen (secondary N) is 1. The number of hydrogen-bond donors (Lipinski definition) is 1. The van der Waals surface area contributed by atoms with Crippen molar-refractivity contribution < 1.29 is 8.95 Å². The van der Waals surface area contributed by atoms with E-state index in [1.165, 1.54) is 6.42 Å². The van der Waals surface area contributed by atoms with Gasteiger partial charge < -0.3 is 15.0 Å². The summed E-state index contributed by atoms with van der Waals surface area (Å²) in [5, 5.41) is 3.38. The first kappa shape index (κ1) is 22.1. The Morgan fingerprint density at radius 1 is 1.29 bits per heavy atom. The maximum absolute atomic E-state index is 12.1. The molecule has 6 nitrogen and oxygen atoms in total. The third kappa shape index (κ3) is 6.42. The van der Waals surface area contributed by atoms with E-state index in [1.807, 2.05) is 27.8 Å². The Balaban J connectivity index is 0.00000288. The predicted molar refractivity (Wildman–Crippen MR) is 112 cm³/mol. The van der Waals surface area contributed by atoms with E-state index in [-0.39, 0.29) is 28.7 Å². The van der Waals surface area contributed by atoms with Crippen LogP contribution in [0.5, 0.6) is 0 Å². The number of halogens is 1. The summed E-state index contributed by atoms with van der Waals surface area (Å²) in [6, 6.07) is 0.598. The maximum Gasteiger partial charge on any atom is 0.193 e. The van der Waals surface area contributed by atoms with E-state index in [0.29, 0.717) is 18.3 Å². The Kier molecular flexibility index (Phi) is 9.47. The highest BCUT2D eigenvalue weighted by Crippen LogP contribution is 2.17. The quantitative estimate of drug-likeness (QED) is 0.378. The lowest BCUT2D eigenvalue weighted by Gasteiger charge is -2.32. The minimum absolute atomic E-state index is 0. The highest BCUT2D eigenvalue weighted by molar-refractivity contribution is 14.0. The number of morpholine rings is 1. The van der Waals surface area contributed by atoms with Crippen molar-refractivity contribution in [1.29, 1.82) is 0 Å². The van der Waals surface area contributed by atoms with E-state index < -0.39 is 10.8 Å². The lowest BCUT2D eigenvalue weighted by molar-refractivity contribution is 0.0195. The normalized spacial score (nSPS) is 24.6.